The molecular weight excluding hydrogens is 1330 g/mol. The van der Waals surface area contributed by atoms with E-state index in [9.17, 15) is 0 Å². The van der Waals surface area contributed by atoms with Gasteiger partial charge in [0.1, 0.15) is 11.2 Å². The van der Waals surface area contributed by atoms with Crippen LogP contribution in [0.1, 0.15) is 40.5 Å². The van der Waals surface area contributed by atoms with E-state index in [2.05, 4.69) is 107 Å². The number of nitrogens with zero attached hydrogens (tertiary/aromatic N) is 8. The van der Waals surface area contributed by atoms with Crippen molar-refractivity contribution in [2.75, 3.05) is 13.2 Å². The molecule has 2 aliphatic heterocycles. The fourth-order valence-corrected chi connectivity index (χ4v) is 13.8. The normalized spacial score (nSPS) is 13.7. The highest BCUT2D eigenvalue weighted by molar-refractivity contribution is 6.66. The molecule has 0 radical (unpaired) electrons. The Balaban J connectivity index is 0.000000123. The first-order chi connectivity index (χ1) is 51.4. The van der Waals surface area contributed by atoms with Crippen molar-refractivity contribution >= 4 is 112 Å². The molecule has 0 aliphatic carbocycles. The van der Waals surface area contributed by atoms with E-state index in [0.717, 1.165) is 144 Å². The molecule has 0 atom stereocenters. The average Bonchev–Trinajstić information content (AvgIpc) is 1.57. The van der Waals surface area contributed by atoms with Crippen LogP contribution in [-0.4, -0.2) is 71.4 Å². The Morgan fingerprint density at radius 2 is 0.698 bits per heavy atom. The highest BCUT2D eigenvalue weighted by Crippen LogP contribution is 2.42. The minimum Gasteiger partial charge on any atom is -0.438 e. The largest absolute Gasteiger partial charge is 0.495 e. The minimum atomic E-state index is -0.434. The summed E-state index contributed by atoms with van der Waals surface area (Å²) in [5.41, 5.74) is 12.9. The summed E-state index contributed by atoms with van der Waals surface area (Å²) in [5.74, 6) is 3.87. The van der Waals surface area contributed by atoms with Gasteiger partial charge in [-0.05, 0) is 128 Å². The maximum absolute atomic E-state index is 6.32. The molecule has 2 saturated heterocycles. The number of fused-ring (bicyclic) bond motifs is 10. The Morgan fingerprint density at radius 1 is 0.321 bits per heavy atom. The maximum Gasteiger partial charge on any atom is 0.495 e. The summed E-state index contributed by atoms with van der Waals surface area (Å²) in [5, 5.41) is 11.3. The van der Waals surface area contributed by atoms with Gasteiger partial charge < -0.3 is 29.0 Å². The van der Waals surface area contributed by atoms with Gasteiger partial charge in [0.25, 0.3) is 0 Å². The molecule has 14 nitrogen and oxygen atoms in total. The van der Waals surface area contributed by atoms with E-state index in [0.29, 0.717) is 46.4 Å². The van der Waals surface area contributed by atoms with Crippen molar-refractivity contribution in [1.29, 1.82) is 0 Å². The molecule has 0 spiro atoms. The lowest BCUT2D eigenvalue weighted by Crippen LogP contribution is -2.41. The third-order valence-corrected chi connectivity index (χ3v) is 20.0. The molecule has 106 heavy (non-hydrogen) atoms. The summed E-state index contributed by atoms with van der Waals surface area (Å²) in [7, 11) is -0.434. The monoisotopic (exact) mass is 1400 g/mol. The Morgan fingerprint density at radius 3 is 1.17 bits per heavy atom. The van der Waals surface area contributed by atoms with Gasteiger partial charge in [0.05, 0.1) is 22.2 Å². The second-order valence-electron chi connectivity index (χ2n) is 27.1. The Hall–Kier alpha value is -12.2. The van der Waals surface area contributed by atoms with Gasteiger partial charge >= 0.3 is 7.12 Å². The van der Waals surface area contributed by atoms with E-state index in [1.807, 2.05) is 212 Å². The molecule has 2 aliphatic rings. The quantitative estimate of drug-likeness (QED) is 0.141. The third kappa shape index (κ3) is 13.6. The second kappa shape index (κ2) is 29.1. The fraction of sp³-hybridized carbons (Fsp3) is 0.111. The summed E-state index contributed by atoms with van der Waals surface area (Å²) >= 11 is 6.32. The lowest BCUT2D eigenvalue weighted by Gasteiger charge is -2.32. The van der Waals surface area contributed by atoms with Crippen LogP contribution in [0, 0.1) is 0 Å². The average molecular weight is 1400 g/mol. The van der Waals surface area contributed by atoms with Crippen molar-refractivity contribution < 1.29 is 22.9 Å². The summed E-state index contributed by atoms with van der Waals surface area (Å²) in [6.07, 6.45) is 2.56. The van der Waals surface area contributed by atoms with Crippen LogP contribution in [0.4, 0.5) is 0 Å². The van der Waals surface area contributed by atoms with Crippen molar-refractivity contribution in [2.24, 2.45) is 0 Å². The van der Waals surface area contributed by atoms with E-state index in [1.54, 1.807) is 0 Å². The first-order valence-corrected chi connectivity index (χ1v) is 35.6. The standard InChI is InChI=1S/C40H24N4O.C25H16ClN3.C21H20BNO3.C4H8O.H3N/c1-3-11-25(12-4-1)37-42-38(26-13-5-2-6-14-26)44-39(43-37)29-21-22-30-27(23-29)16-9-17-31(30)32-18-10-20-35-36(32)33-24-28-15-7-8-19-34(28)41-40(33)45-35;26-22-13-7-12-19-16-20(14-15-21(19)22)25-28-23(17-8-3-1-4-9-17)27-24(29-25)18-10-5-2-6-11-18;1-20(2)21(3,4)26-22(25-20)15-9-7-11-17-18(15)14-12-13-8-5-6-10-16(13)23-19(14)24-17;1-2-4-5-3-1;/h1-24H;1-16H;5-12H,1-4H3;1-4H2;1H3. The number of aromatic nitrogens is 8. The number of halogens is 1. The number of benzene rings is 12. The van der Waals surface area contributed by atoms with Crippen LogP contribution in [0.3, 0.4) is 0 Å². The molecule has 3 N–H and O–H groups in total. The molecule has 516 valence electrons. The molecule has 8 heterocycles. The molecule has 18 aromatic rings. The highest BCUT2D eigenvalue weighted by Gasteiger charge is 2.52. The summed E-state index contributed by atoms with van der Waals surface area (Å²) < 4.78 is 29.8. The van der Waals surface area contributed by atoms with Crippen LogP contribution in [-0.2, 0) is 14.0 Å². The van der Waals surface area contributed by atoms with Crippen LogP contribution in [0.2, 0.25) is 5.02 Å². The van der Waals surface area contributed by atoms with E-state index in [4.69, 9.17) is 74.4 Å². The molecule has 0 amide bonds. The van der Waals surface area contributed by atoms with E-state index in [1.165, 1.54) is 12.8 Å². The fourth-order valence-electron chi connectivity index (χ4n) is 13.6. The lowest BCUT2D eigenvalue weighted by molar-refractivity contribution is 0.00578. The van der Waals surface area contributed by atoms with Gasteiger partial charge in [-0.25, -0.2) is 39.9 Å². The van der Waals surface area contributed by atoms with Crippen molar-refractivity contribution in [3.8, 4) is 79.5 Å². The number of ether oxygens (including phenoxy) is 1. The topological polar surface area (TPSA) is 192 Å². The van der Waals surface area contributed by atoms with Crippen molar-refractivity contribution in [1.82, 2.24) is 46.0 Å². The predicted octanol–water partition coefficient (Wildman–Crippen LogP) is 22.2. The Kier molecular flexibility index (Phi) is 18.8. The van der Waals surface area contributed by atoms with Gasteiger partial charge in [-0.2, -0.15) is 0 Å². The molecule has 0 bridgehead atoms. The Bertz CT molecular complexity index is 6120. The van der Waals surface area contributed by atoms with E-state index >= 15 is 0 Å². The number of pyridine rings is 2. The number of rotatable bonds is 8. The van der Waals surface area contributed by atoms with Crippen LogP contribution < -0.4 is 11.6 Å². The number of para-hydroxylation sites is 2. The lowest BCUT2D eigenvalue weighted by atomic mass is 9.76. The van der Waals surface area contributed by atoms with Crippen LogP contribution in [0.25, 0.3) is 167 Å². The van der Waals surface area contributed by atoms with Gasteiger partial charge in [-0.3, -0.25) is 0 Å². The molecular formula is C90H71BClN9O5. The minimum absolute atomic E-state index is 0. The molecule has 20 rings (SSSR count). The number of furan rings is 2. The molecule has 16 heteroatoms. The van der Waals surface area contributed by atoms with E-state index < -0.39 is 7.12 Å². The molecule has 0 saturated carbocycles. The highest BCUT2D eigenvalue weighted by atomic mass is 35.5. The SMILES string of the molecule is C1CCOC1.CC1(C)OB(c2cccc3oc4nc5ccccc5cc4c23)OC1(C)C.Clc1cccc2cc(-c3nc(-c4ccccc4)nc(-c4ccccc4)n3)ccc12.N.c1ccc(-c2nc(-c3ccccc3)nc(-c3ccc4c(-c5cccc6oc7nc8ccccc8cc7c56)cccc4c3)n2)cc1. The van der Waals surface area contributed by atoms with Crippen LogP contribution >= 0.6 is 11.6 Å². The van der Waals surface area contributed by atoms with E-state index in [-0.39, 0.29) is 17.4 Å². The molecule has 0 unspecified atom stereocenters. The molecule has 6 aromatic heterocycles. The summed E-state index contributed by atoms with van der Waals surface area (Å²) in [6, 6.07) is 97.7. The zero-order valence-corrected chi connectivity index (χ0v) is 59.6. The Labute approximate surface area is 617 Å². The zero-order chi connectivity index (χ0) is 71.0. The van der Waals surface area contributed by atoms with Gasteiger partial charge in [0.2, 0.25) is 11.4 Å². The summed E-state index contributed by atoms with van der Waals surface area (Å²) in [4.78, 5) is 38.5. The van der Waals surface area contributed by atoms with Crippen molar-refractivity contribution in [3.63, 3.8) is 0 Å². The van der Waals surface area contributed by atoms with Crippen molar-refractivity contribution in [3.05, 3.63) is 296 Å². The van der Waals surface area contributed by atoms with Crippen LogP contribution in [0.5, 0.6) is 0 Å². The van der Waals surface area contributed by atoms with Gasteiger partial charge in [-0.15, -0.1) is 0 Å². The number of hydrogen-bond acceptors (Lipinski definition) is 14. The summed E-state index contributed by atoms with van der Waals surface area (Å²) in [6.45, 7) is 10.3. The van der Waals surface area contributed by atoms with Gasteiger partial charge in [-0.1, -0.05) is 248 Å². The second-order valence-corrected chi connectivity index (χ2v) is 27.5. The molecule has 12 aromatic carbocycles. The number of hydrogen-bond donors (Lipinski definition) is 1. The smallest absolute Gasteiger partial charge is 0.438 e. The zero-order valence-electron chi connectivity index (χ0n) is 58.8. The van der Waals surface area contributed by atoms with Gasteiger partial charge in [0, 0.05) is 89.3 Å². The van der Waals surface area contributed by atoms with Crippen molar-refractivity contribution in [2.45, 2.75) is 51.7 Å². The molecule has 2 fully saturated rings. The first-order valence-electron chi connectivity index (χ1n) is 35.2. The van der Waals surface area contributed by atoms with Gasteiger partial charge in [0.15, 0.2) is 34.9 Å². The van der Waals surface area contributed by atoms with Crippen LogP contribution in [0.15, 0.2) is 300 Å². The predicted molar refractivity (Wildman–Crippen MR) is 430 cm³/mol. The first kappa shape index (κ1) is 68.2. The third-order valence-electron chi connectivity index (χ3n) is 19.7. The maximum atomic E-state index is 6.32.